The average Bonchev–Trinajstić information content (AvgIpc) is 3.10. The first-order valence-electron chi connectivity index (χ1n) is 11.6. The van der Waals surface area contributed by atoms with Crippen LogP contribution >= 0.6 is 0 Å². The quantitative estimate of drug-likeness (QED) is 0.302. The number of aliphatic hydroxyl groups is 1. The van der Waals surface area contributed by atoms with E-state index in [0.717, 1.165) is 0 Å². The molecular weight excluding hydrogens is 464 g/mol. The van der Waals surface area contributed by atoms with Crippen LogP contribution in [0.4, 0.5) is 0 Å². The number of carbonyl (C=O) groups excluding carboxylic acids is 2. The summed E-state index contributed by atoms with van der Waals surface area (Å²) in [6.07, 6.45) is -0.00787. The number of hydrogen-bond donors (Lipinski definition) is 1. The monoisotopic (exact) mass is 498 g/mol. The summed E-state index contributed by atoms with van der Waals surface area (Å²) in [5.74, 6) is 0.0596. The van der Waals surface area contributed by atoms with E-state index in [1.54, 1.807) is 36.4 Å². The SMILES string of the molecule is COc1cc([C@@H]2/C(=C(\O)c3ccc(OC(C)C)cc3)C(=O)C(=O)N2CCN(C)C)cc(OC)c1OC. The summed E-state index contributed by atoms with van der Waals surface area (Å²) in [5, 5.41) is 11.3. The van der Waals surface area contributed by atoms with Crippen LogP contribution in [0.1, 0.15) is 31.0 Å². The minimum atomic E-state index is -0.856. The van der Waals surface area contributed by atoms with Crippen LogP contribution in [-0.4, -0.2) is 81.2 Å². The summed E-state index contributed by atoms with van der Waals surface area (Å²) in [7, 11) is 8.24. The molecule has 1 aliphatic rings. The maximum atomic E-state index is 13.3. The van der Waals surface area contributed by atoms with E-state index in [9.17, 15) is 14.7 Å². The Morgan fingerprint density at radius 3 is 2.06 bits per heavy atom. The van der Waals surface area contributed by atoms with E-state index in [0.29, 0.717) is 40.7 Å². The van der Waals surface area contributed by atoms with Crippen molar-refractivity contribution in [2.75, 3.05) is 48.5 Å². The van der Waals surface area contributed by atoms with Crippen LogP contribution in [0.2, 0.25) is 0 Å². The standard InChI is InChI=1S/C27H34N2O7/c1-16(2)36-19-10-8-17(9-11-19)24(30)22-23(29(13-12-28(3)4)27(32)25(22)31)18-14-20(33-5)26(35-7)21(15-18)34-6/h8-11,14-16,23,30H,12-13H2,1-7H3/b24-22+/t23-/m1/s1. The van der Waals surface area contributed by atoms with Gasteiger partial charge in [-0.1, -0.05) is 0 Å². The van der Waals surface area contributed by atoms with E-state index >= 15 is 0 Å². The summed E-state index contributed by atoms with van der Waals surface area (Å²) < 4.78 is 22.1. The highest BCUT2D eigenvalue weighted by Gasteiger charge is 2.46. The molecule has 2 aromatic carbocycles. The van der Waals surface area contributed by atoms with Crippen LogP contribution in [0.3, 0.4) is 0 Å². The highest BCUT2D eigenvalue weighted by Crippen LogP contribution is 2.45. The van der Waals surface area contributed by atoms with Gasteiger partial charge in [0.2, 0.25) is 5.75 Å². The number of nitrogens with zero attached hydrogens (tertiary/aromatic N) is 2. The van der Waals surface area contributed by atoms with Crippen molar-refractivity contribution >= 4 is 17.4 Å². The lowest BCUT2D eigenvalue weighted by molar-refractivity contribution is -0.140. The molecule has 0 spiro atoms. The zero-order valence-corrected chi connectivity index (χ0v) is 21.8. The van der Waals surface area contributed by atoms with E-state index in [1.165, 1.54) is 26.2 Å². The van der Waals surface area contributed by atoms with Gasteiger partial charge in [0.05, 0.1) is 39.0 Å². The lowest BCUT2D eigenvalue weighted by Crippen LogP contribution is -2.35. The molecule has 1 heterocycles. The van der Waals surface area contributed by atoms with Gasteiger partial charge in [-0.2, -0.15) is 0 Å². The van der Waals surface area contributed by atoms with Gasteiger partial charge >= 0.3 is 0 Å². The van der Waals surface area contributed by atoms with Crippen LogP contribution in [-0.2, 0) is 9.59 Å². The number of benzene rings is 2. The largest absolute Gasteiger partial charge is 0.507 e. The van der Waals surface area contributed by atoms with Crippen molar-refractivity contribution in [1.29, 1.82) is 0 Å². The number of ether oxygens (including phenoxy) is 4. The van der Waals surface area contributed by atoms with Crippen molar-refractivity contribution in [3.05, 3.63) is 53.1 Å². The van der Waals surface area contributed by atoms with Gasteiger partial charge in [-0.3, -0.25) is 9.59 Å². The summed E-state index contributed by atoms with van der Waals surface area (Å²) in [5.41, 5.74) is 0.934. The summed E-state index contributed by atoms with van der Waals surface area (Å²) >= 11 is 0. The van der Waals surface area contributed by atoms with Crippen molar-refractivity contribution in [2.45, 2.75) is 26.0 Å². The molecule has 36 heavy (non-hydrogen) atoms. The van der Waals surface area contributed by atoms with Gasteiger partial charge in [0, 0.05) is 18.7 Å². The molecule has 0 saturated carbocycles. The minimum Gasteiger partial charge on any atom is -0.507 e. The van der Waals surface area contributed by atoms with Crippen molar-refractivity contribution < 1.29 is 33.6 Å². The van der Waals surface area contributed by atoms with Gasteiger partial charge < -0.3 is 33.9 Å². The lowest BCUT2D eigenvalue weighted by Gasteiger charge is -2.27. The second-order valence-corrected chi connectivity index (χ2v) is 8.95. The molecule has 1 N–H and O–H groups in total. The molecule has 1 saturated heterocycles. The van der Waals surface area contributed by atoms with Crippen LogP contribution in [0.25, 0.3) is 5.76 Å². The Hall–Kier alpha value is -3.72. The fraction of sp³-hybridized carbons (Fsp3) is 0.407. The first kappa shape index (κ1) is 26.9. The Balaban J connectivity index is 2.19. The predicted molar refractivity (Wildman–Crippen MR) is 136 cm³/mol. The zero-order chi connectivity index (χ0) is 26.6. The normalized spacial score (nSPS) is 17.1. The number of likely N-dealkylation sites (N-methyl/N-ethyl adjacent to an activating group) is 1. The third-order valence-electron chi connectivity index (χ3n) is 5.83. The van der Waals surface area contributed by atoms with E-state index in [1.807, 2.05) is 32.8 Å². The number of rotatable bonds is 10. The summed E-state index contributed by atoms with van der Waals surface area (Å²) in [4.78, 5) is 29.8. The van der Waals surface area contributed by atoms with Crippen molar-refractivity contribution in [3.63, 3.8) is 0 Å². The van der Waals surface area contributed by atoms with Crippen LogP contribution in [0, 0.1) is 0 Å². The Kier molecular flexibility index (Phi) is 8.47. The van der Waals surface area contributed by atoms with E-state index in [2.05, 4.69) is 0 Å². The highest BCUT2D eigenvalue weighted by atomic mass is 16.5. The molecule has 1 atom stereocenters. The molecule has 0 aromatic heterocycles. The number of methoxy groups -OCH3 is 3. The topological polar surface area (TPSA) is 97.8 Å². The number of aliphatic hydroxyl groups excluding tert-OH is 1. The third-order valence-corrected chi connectivity index (χ3v) is 5.83. The molecule has 1 fully saturated rings. The Bertz CT molecular complexity index is 1110. The minimum absolute atomic E-state index is 0.00787. The molecule has 2 aromatic rings. The fourth-order valence-electron chi connectivity index (χ4n) is 4.14. The molecule has 0 radical (unpaired) electrons. The number of amides is 1. The molecule has 0 aliphatic carbocycles. The maximum Gasteiger partial charge on any atom is 0.295 e. The number of ketones is 1. The highest BCUT2D eigenvalue weighted by molar-refractivity contribution is 6.46. The summed E-state index contributed by atoms with van der Waals surface area (Å²) in [6, 6.07) is 9.27. The van der Waals surface area contributed by atoms with Gasteiger partial charge in [0.15, 0.2) is 11.5 Å². The van der Waals surface area contributed by atoms with Gasteiger partial charge in [-0.15, -0.1) is 0 Å². The Labute approximate surface area is 211 Å². The number of carbonyl (C=O) groups is 2. The van der Waals surface area contributed by atoms with Gasteiger partial charge in [0.1, 0.15) is 11.5 Å². The fourth-order valence-corrected chi connectivity index (χ4v) is 4.14. The van der Waals surface area contributed by atoms with E-state index < -0.39 is 17.7 Å². The number of likely N-dealkylation sites (tertiary alicyclic amines) is 1. The number of hydrogen-bond acceptors (Lipinski definition) is 8. The molecule has 9 heteroatoms. The molecular formula is C27H34N2O7. The predicted octanol–water partition coefficient (Wildman–Crippen LogP) is 3.48. The van der Waals surface area contributed by atoms with Crippen molar-refractivity contribution in [3.8, 4) is 23.0 Å². The number of Topliss-reactive ketones (excluding diaryl/α,β-unsaturated/α-hetero) is 1. The molecule has 9 nitrogen and oxygen atoms in total. The lowest BCUT2D eigenvalue weighted by atomic mass is 9.94. The maximum absolute atomic E-state index is 13.3. The van der Waals surface area contributed by atoms with Crippen molar-refractivity contribution in [1.82, 2.24) is 9.80 Å². The molecule has 3 rings (SSSR count). The van der Waals surface area contributed by atoms with Crippen LogP contribution < -0.4 is 18.9 Å². The zero-order valence-electron chi connectivity index (χ0n) is 21.8. The average molecular weight is 499 g/mol. The van der Waals surface area contributed by atoms with Gasteiger partial charge in [-0.05, 0) is 69.9 Å². The first-order valence-corrected chi connectivity index (χ1v) is 11.6. The second kappa shape index (κ2) is 11.3. The summed E-state index contributed by atoms with van der Waals surface area (Å²) in [6.45, 7) is 4.63. The molecule has 0 unspecified atom stereocenters. The van der Waals surface area contributed by atoms with Crippen LogP contribution in [0.15, 0.2) is 42.0 Å². The molecule has 1 amide bonds. The first-order chi connectivity index (χ1) is 17.1. The molecule has 1 aliphatic heterocycles. The third kappa shape index (κ3) is 5.41. The molecule has 0 bridgehead atoms. The van der Waals surface area contributed by atoms with Gasteiger partial charge in [-0.25, -0.2) is 0 Å². The Morgan fingerprint density at radius 1 is 1.00 bits per heavy atom. The molecule has 194 valence electrons. The van der Waals surface area contributed by atoms with Crippen LogP contribution in [0.5, 0.6) is 23.0 Å². The van der Waals surface area contributed by atoms with E-state index in [-0.39, 0.29) is 24.0 Å². The van der Waals surface area contributed by atoms with Crippen molar-refractivity contribution in [2.24, 2.45) is 0 Å². The Morgan fingerprint density at radius 2 is 1.58 bits per heavy atom. The second-order valence-electron chi connectivity index (χ2n) is 8.95. The van der Waals surface area contributed by atoms with E-state index in [4.69, 9.17) is 18.9 Å². The smallest absolute Gasteiger partial charge is 0.295 e. The van der Waals surface area contributed by atoms with Gasteiger partial charge in [0.25, 0.3) is 11.7 Å².